The molecule has 0 unspecified atom stereocenters. The highest BCUT2D eigenvalue weighted by molar-refractivity contribution is 5.94. The predicted molar refractivity (Wildman–Crippen MR) is 90.4 cm³/mol. The molecular formula is C18H24N2O5. The lowest BCUT2D eigenvalue weighted by Gasteiger charge is -2.38. The van der Waals surface area contributed by atoms with Crippen LogP contribution in [0.15, 0.2) is 42.6 Å². The van der Waals surface area contributed by atoms with Crippen LogP contribution in [-0.4, -0.2) is 77.9 Å². The number of hydrogen-bond donors (Lipinski definition) is 2. The van der Waals surface area contributed by atoms with E-state index in [-0.39, 0.29) is 18.4 Å². The van der Waals surface area contributed by atoms with E-state index in [1.54, 1.807) is 24.1 Å². The number of amides is 1. The number of aliphatic hydroxyl groups is 2. The van der Waals surface area contributed by atoms with Crippen molar-refractivity contribution in [3.05, 3.63) is 48.2 Å². The van der Waals surface area contributed by atoms with Gasteiger partial charge in [-0.3, -0.25) is 4.79 Å². The fraction of sp³-hybridized carbons (Fsp3) is 0.500. The highest BCUT2D eigenvalue weighted by Crippen LogP contribution is 2.31. The first kappa shape index (κ1) is 17.9. The van der Waals surface area contributed by atoms with E-state index in [1.807, 2.05) is 35.4 Å². The SMILES string of the molecule is COC[C@@H]1[C@H](O)[C@@H](CO)O[C@H]1N1C=CCN(C(=O)c2ccccc2)C1. The van der Waals surface area contributed by atoms with Crippen molar-refractivity contribution >= 4 is 5.91 Å². The summed E-state index contributed by atoms with van der Waals surface area (Å²) in [6, 6.07) is 9.12. The van der Waals surface area contributed by atoms with E-state index in [1.165, 1.54) is 0 Å². The van der Waals surface area contributed by atoms with Gasteiger partial charge in [0.1, 0.15) is 12.3 Å². The molecule has 2 heterocycles. The number of methoxy groups -OCH3 is 1. The zero-order valence-electron chi connectivity index (χ0n) is 14.2. The number of carbonyl (C=O) groups is 1. The second-order valence-corrected chi connectivity index (χ2v) is 6.29. The van der Waals surface area contributed by atoms with E-state index in [0.717, 1.165) is 0 Å². The van der Waals surface area contributed by atoms with E-state index in [2.05, 4.69) is 0 Å². The van der Waals surface area contributed by atoms with Crippen molar-refractivity contribution in [1.82, 2.24) is 9.80 Å². The van der Waals surface area contributed by atoms with Crippen molar-refractivity contribution in [1.29, 1.82) is 0 Å². The van der Waals surface area contributed by atoms with Gasteiger partial charge in [0, 0.05) is 25.4 Å². The van der Waals surface area contributed by atoms with Gasteiger partial charge in [-0.1, -0.05) is 18.2 Å². The summed E-state index contributed by atoms with van der Waals surface area (Å²) in [6.07, 6.45) is 1.82. The van der Waals surface area contributed by atoms with E-state index >= 15 is 0 Å². The molecule has 0 saturated carbocycles. The zero-order valence-corrected chi connectivity index (χ0v) is 14.2. The maximum absolute atomic E-state index is 12.7. The van der Waals surface area contributed by atoms with Crippen LogP contribution < -0.4 is 0 Å². The largest absolute Gasteiger partial charge is 0.394 e. The van der Waals surface area contributed by atoms with Crippen LogP contribution >= 0.6 is 0 Å². The van der Waals surface area contributed by atoms with Crippen LogP contribution in [0.3, 0.4) is 0 Å². The molecule has 1 aromatic carbocycles. The minimum absolute atomic E-state index is 0.0597. The lowest BCUT2D eigenvalue weighted by atomic mass is 10.00. The molecule has 2 aliphatic rings. The van der Waals surface area contributed by atoms with Crippen LogP contribution in [-0.2, 0) is 9.47 Å². The zero-order chi connectivity index (χ0) is 17.8. The predicted octanol–water partition coefficient (Wildman–Crippen LogP) is 0.256. The smallest absolute Gasteiger partial charge is 0.255 e. The topological polar surface area (TPSA) is 82.5 Å². The molecule has 136 valence electrons. The van der Waals surface area contributed by atoms with Gasteiger partial charge in [-0.2, -0.15) is 0 Å². The van der Waals surface area contributed by atoms with Crippen molar-refractivity contribution < 1.29 is 24.5 Å². The molecule has 0 bridgehead atoms. The lowest BCUT2D eigenvalue weighted by molar-refractivity contribution is -0.0846. The van der Waals surface area contributed by atoms with Crippen LogP contribution in [0.5, 0.6) is 0 Å². The van der Waals surface area contributed by atoms with Gasteiger partial charge in [-0.25, -0.2) is 0 Å². The molecule has 2 aliphatic heterocycles. The summed E-state index contributed by atoms with van der Waals surface area (Å²) in [5, 5.41) is 19.7. The Bertz CT molecular complexity index is 609. The average Bonchev–Trinajstić information content (AvgIpc) is 2.98. The number of benzene rings is 1. The fourth-order valence-corrected chi connectivity index (χ4v) is 3.34. The van der Waals surface area contributed by atoms with Gasteiger partial charge < -0.3 is 29.5 Å². The molecule has 0 spiro atoms. The van der Waals surface area contributed by atoms with Crippen molar-refractivity contribution in [2.45, 2.75) is 18.4 Å². The van der Waals surface area contributed by atoms with Gasteiger partial charge in [0.05, 0.1) is 31.9 Å². The molecule has 0 aromatic heterocycles. The summed E-state index contributed by atoms with van der Waals surface area (Å²) < 4.78 is 11.0. The van der Waals surface area contributed by atoms with Crippen molar-refractivity contribution in [2.75, 3.05) is 33.5 Å². The molecule has 4 atom stereocenters. The summed E-state index contributed by atoms with van der Waals surface area (Å²) in [5.74, 6) is -0.367. The van der Waals surface area contributed by atoms with Gasteiger partial charge in [0.25, 0.3) is 5.91 Å². The Morgan fingerprint density at radius 3 is 2.80 bits per heavy atom. The van der Waals surface area contributed by atoms with E-state index in [4.69, 9.17) is 9.47 Å². The highest BCUT2D eigenvalue weighted by atomic mass is 16.6. The van der Waals surface area contributed by atoms with Crippen LogP contribution in [0.2, 0.25) is 0 Å². The Kier molecular flexibility index (Phi) is 5.70. The van der Waals surface area contributed by atoms with Crippen molar-refractivity contribution in [3.8, 4) is 0 Å². The molecule has 1 amide bonds. The Hall–Kier alpha value is -1.93. The number of aliphatic hydroxyl groups excluding tert-OH is 2. The Morgan fingerprint density at radius 2 is 2.12 bits per heavy atom. The first-order valence-electron chi connectivity index (χ1n) is 8.35. The Balaban J connectivity index is 1.73. The number of carbonyl (C=O) groups excluding carboxylic acids is 1. The van der Waals surface area contributed by atoms with E-state index in [0.29, 0.717) is 25.4 Å². The van der Waals surface area contributed by atoms with Crippen LogP contribution in [0, 0.1) is 5.92 Å². The average molecular weight is 348 g/mol. The third-order valence-electron chi connectivity index (χ3n) is 4.63. The van der Waals surface area contributed by atoms with Gasteiger partial charge in [-0.15, -0.1) is 0 Å². The Morgan fingerprint density at radius 1 is 1.36 bits per heavy atom. The number of hydrogen-bond acceptors (Lipinski definition) is 6. The third kappa shape index (κ3) is 3.69. The van der Waals surface area contributed by atoms with Crippen molar-refractivity contribution in [2.24, 2.45) is 5.92 Å². The fourth-order valence-electron chi connectivity index (χ4n) is 3.34. The molecule has 1 saturated heterocycles. The van der Waals surface area contributed by atoms with Crippen LogP contribution in [0.1, 0.15) is 10.4 Å². The highest BCUT2D eigenvalue weighted by Gasteiger charge is 2.46. The standard InChI is InChI=1S/C18H24N2O5/c1-24-11-14-16(22)15(10-21)25-18(14)20-9-5-8-19(12-20)17(23)13-6-3-2-4-7-13/h2-7,9,14-16,18,21-22H,8,10-12H2,1H3/t14-,15-,16+,18-/m1/s1. The summed E-state index contributed by atoms with van der Waals surface area (Å²) in [5.41, 5.74) is 0.631. The molecule has 2 N–H and O–H groups in total. The van der Waals surface area contributed by atoms with Gasteiger partial charge >= 0.3 is 0 Å². The monoisotopic (exact) mass is 348 g/mol. The van der Waals surface area contributed by atoms with Crippen LogP contribution in [0.25, 0.3) is 0 Å². The first-order chi connectivity index (χ1) is 12.2. The summed E-state index contributed by atoms with van der Waals surface area (Å²) >= 11 is 0. The van der Waals surface area contributed by atoms with E-state index in [9.17, 15) is 15.0 Å². The van der Waals surface area contributed by atoms with Crippen molar-refractivity contribution in [3.63, 3.8) is 0 Å². The van der Waals surface area contributed by atoms with Crippen LogP contribution in [0.4, 0.5) is 0 Å². The maximum Gasteiger partial charge on any atom is 0.255 e. The molecule has 1 aromatic rings. The number of ether oxygens (including phenoxy) is 2. The molecule has 7 heteroatoms. The number of nitrogens with zero attached hydrogens (tertiary/aromatic N) is 2. The maximum atomic E-state index is 12.7. The molecular weight excluding hydrogens is 324 g/mol. The summed E-state index contributed by atoms with van der Waals surface area (Å²) in [4.78, 5) is 16.2. The molecule has 0 radical (unpaired) electrons. The minimum atomic E-state index is -0.816. The Labute approximate surface area is 147 Å². The lowest BCUT2D eigenvalue weighted by Crippen LogP contribution is -2.49. The van der Waals surface area contributed by atoms with E-state index < -0.39 is 18.4 Å². The second kappa shape index (κ2) is 7.97. The molecule has 0 aliphatic carbocycles. The second-order valence-electron chi connectivity index (χ2n) is 6.29. The molecule has 3 rings (SSSR count). The normalized spacial score (nSPS) is 29.2. The third-order valence-corrected chi connectivity index (χ3v) is 4.63. The quantitative estimate of drug-likeness (QED) is 0.794. The molecule has 7 nitrogen and oxygen atoms in total. The van der Waals surface area contributed by atoms with Gasteiger partial charge in [0.15, 0.2) is 0 Å². The number of rotatable bonds is 5. The van der Waals surface area contributed by atoms with Gasteiger partial charge in [0.2, 0.25) is 0 Å². The first-order valence-corrected chi connectivity index (χ1v) is 8.35. The summed E-state index contributed by atoms with van der Waals surface area (Å²) in [6.45, 7) is 0.902. The van der Waals surface area contributed by atoms with Gasteiger partial charge in [-0.05, 0) is 18.2 Å². The molecule has 1 fully saturated rings. The minimum Gasteiger partial charge on any atom is -0.394 e. The summed E-state index contributed by atoms with van der Waals surface area (Å²) in [7, 11) is 1.56. The molecule has 25 heavy (non-hydrogen) atoms.